The Morgan fingerprint density at radius 3 is 2.00 bits per heavy atom. The molecular formula is C21H18O4. The molecule has 4 nitrogen and oxygen atoms in total. The molecule has 0 aromatic heterocycles. The molecule has 0 unspecified atom stereocenters. The lowest BCUT2D eigenvalue weighted by Crippen LogP contribution is -2.54. The van der Waals surface area contributed by atoms with Crippen molar-refractivity contribution >= 4 is 17.9 Å². The van der Waals surface area contributed by atoms with Gasteiger partial charge in [0, 0.05) is 23.0 Å². The minimum absolute atomic E-state index is 0.262. The van der Waals surface area contributed by atoms with E-state index in [-0.39, 0.29) is 18.0 Å². The molecule has 0 amide bonds. The molecule has 0 bridgehead atoms. The molecule has 0 heterocycles. The van der Waals surface area contributed by atoms with Crippen LogP contribution in [0.25, 0.3) is 0 Å². The maximum atomic E-state index is 13.3. The van der Waals surface area contributed by atoms with Gasteiger partial charge in [0.25, 0.3) is 0 Å². The van der Waals surface area contributed by atoms with Crippen LogP contribution in [0.5, 0.6) is 0 Å². The smallest absolute Gasteiger partial charge is 0.180 e. The molecule has 4 heteroatoms. The van der Waals surface area contributed by atoms with E-state index in [1.54, 1.807) is 24.3 Å². The summed E-state index contributed by atoms with van der Waals surface area (Å²) in [5.41, 5.74) is -0.166. The number of aldehydes is 1. The summed E-state index contributed by atoms with van der Waals surface area (Å²) in [5, 5.41) is 10.9. The van der Waals surface area contributed by atoms with Gasteiger partial charge in [-0.1, -0.05) is 54.6 Å². The lowest BCUT2D eigenvalue weighted by Gasteiger charge is -2.45. The van der Waals surface area contributed by atoms with E-state index < -0.39 is 23.4 Å². The Balaban J connectivity index is 1.98. The molecule has 0 saturated heterocycles. The second-order valence-corrected chi connectivity index (χ2v) is 6.85. The fraction of sp³-hybridized carbons (Fsp3) is 0.286. The van der Waals surface area contributed by atoms with Crippen molar-refractivity contribution in [2.75, 3.05) is 0 Å². The first-order valence-electron chi connectivity index (χ1n) is 8.49. The molecule has 1 N–H and O–H groups in total. The molecule has 2 aromatic carbocycles. The van der Waals surface area contributed by atoms with Crippen LogP contribution in [0, 0.1) is 11.3 Å². The Labute approximate surface area is 145 Å². The lowest BCUT2D eigenvalue weighted by molar-refractivity contribution is -0.115. The summed E-state index contributed by atoms with van der Waals surface area (Å²) in [7, 11) is 0. The van der Waals surface area contributed by atoms with Gasteiger partial charge in [-0.05, 0) is 18.4 Å². The van der Waals surface area contributed by atoms with Crippen molar-refractivity contribution in [3.8, 4) is 0 Å². The van der Waals surface area contributed by atoms with Crippen molar-refractivity contribution in [2.24, 2.45) is 11.3 Å². The summed E-state index contributed by atoms with van der Waals surface area (Å²) in [6, 6.07) is 15.8. The van der Waals surface area contributed by atoms with E-state index in [0.29, 0.717) is 17.5 Å². The van der Waals surface area contributed by atoms with Crippen molar-refractivity contribution < 1.29 is 19.5 Å². The van der Waals surface area contributed by atoms with Gasteiger partial charge in [0.1, 0.15) is 11.7 Å². The van der Waals surface area contributed by atoms with Crippen LogP contribution in [0.4, 0.5) is 0 Å². The number of hydrogen-bond donors (Lipinski definition) is 1. The van der Waals surface area contributed by atoms with Crippen LogP contribution in [0.3, 0.4) is 0 Å². The van der Waals surface area contributed by atoms with Crippen LogP contribution in [0.2, 0.25) is 0 Å². The summed E-state index contributed by atoms with van der Waals surface area (Å²) in [6.07, 6.45) is 0.456. The highest BCUT2D eigenvalue weighted by Crippen LogP contribution is 2.56. The number of benzene rings is 2. The Hall–Kier alpha value is -2.59. The Morgan fingerprint density at radius 1 is 0.880 bits per heavy atom. The van der Waals surface area contributed by atoms with Gasteiger partial charge in [-0.25, -0.2) is 0 Å². The fourth-order valence-corrected chi connectivity index (χ4v) is 4.62. The maximum absolute atomic E-state index is 13.3. The molecule has 3 atom stereocenters. The predicted molar refractivity (Wildman–Crippen MR) is 91.5 cm³/mol. The van der Waals surface area contributed by atoms with E-state index in [4.69, 9.17) is 0 Å². The molecule has 4 rings (SSSR count). The quantitative estimate of drug-likeness (QED) is 0.677. The zero-order valence-electron chi connectivity index (χ0n) is 13.6. The van der Waals surface area contributed by atoms with E-state index in [9.17, 15) is 19.5 Å². The molecule has 1 spiro atoms. The maximum Gasteiger partial charge on any atom is 0.180 e. The Kier molecular flexibility index (Phi) is 3.65. The first kappa shape index (κ1) is 15.9. The molecule has 126 valence electrons. The summed E-state index contributed by atoms with van der Waals surface area (Å²) < 4.78 is 0. The highest BCUT2D eigenvalue weighted by Gasteiger charge is 2.65. The monoisotopic (exact) mass is 334 g/mol. The fourth-order valence-electron chi connectivity index (χ4n) is 4.62. The minimum atomic E-state index is -1.60. The van der Waals surface area contributed by atoms with Crippen molar-refractivity contribution in [1.29, 1.82) is 0 Å². The van der Waals surface area contributed by atoms with E-state index in [2.05, 4.69) is 0 Å². The number of fused-ring (bicyclic) bond motifs is 1. The Morgan fingerprint density at radius 2 is 1.44 bits per heavy atom. The number of aliphatic hydroxyl groups is 1. The highest BCUT2D eigenvalue weighted by atomic mass is 16.3. The summed E-state index contributed by atoms with van der Waals surface area (Å²) >= 11 is 0. The third kappa shape index (κ3) is 2.01. The van der Waals surface area contributed by atoms with Crippen LogP contribution in [-0.2, 0) is 4.79 Å². The van der Waals surface area contributed by atoms with Crippen molar-refractivity contribution in [3.05, 3.63) is 71.3 Å². The number of carbonyl (C=O) groups is 3. The van der Waals surface area contributed by atoms with Crippen LogP contribution < -0.4 is 0 Å². The van der Waals surface area contributed by atoms with Crippen LogP contribution in [0.1, 0.15) is 45.0 Å². The van der Waals surface area contributed by atoms with Gasteiger partial charge in [0.05, 0.1) is 6.10 Å². The predicted octanol–water partition coefficient (Wildman–Crippen LogP) is 2.81. The third-order valence-corrected chi connectivity index (χ3v) is 5.72. The van der Waals surface area contributed by atoms with Gasteiger partial charge in [0.2, 0.25) is 0 Å². The molecule has 0 aliphatic heterocycles. The average molecular weight is 334 g/mol. The first-order valence-corrected chi connectivity index (χ1v) is 8.49. The highest BCUT2D eigenvalue weighted by molar-refractivity contribution is 6.30. The van der Waals surface area contributed by atoms with E-state index in [1.807, 2.05) is 30.3 Å². The van der Waals surface area contributed by atoms with Crippen molar-refractivity contribution in [2.45, 2.75) is 24.9 Å². The van der Waals surface area contributed by atoms with Gasteiger partial charge in [0.15, 0.2) is 11.6 Å². The zero-order valence-corrected chi connectivity index (χ0v) is 13.6. The number of Topliss-reactive ketones (excluding diaryl/α,β-unsaturated/α-hetero) is 2. The van der Waals surface area contributed by atoms with Crippen molar-refractivity contribution in [3.63, 3.8) is 0 Å². The molecule has 0 radical (unpaired) electrons. The van der Waals surface area contributed by atoms with E-state index in [0.717, 1.165) is 11.8 Å². The average Bonchev–Trinajstić information content (AvgIpc) is 2.88. The van der Waals surface area contributed by atoms with E-state index in [1.165, 1.54) is 0 Å². The summed E-state index contributed by atoms with van der Waals surface area (Å²) in [4.78, 5) is 38.5. The molecule has 1 saturated carbocycles. The van der Waals surface area contributed by atoms with Gasteiger partial charge >= 0.3 is 0 Å². The van der Waals surface area contributed by atoms with Crippen LogP contribution in [0.15, 0.2) is 54.6 Å². The molecular weight excluding hydrogens is 316 g/mol. The number of ketones is 2. The summed E-state index contributed by atoms with van der Waals surface area (Å²) in [6.45, 7) is 0. The normalized spacial score (nSPS) is 27.3. The standard InChI is InChI=1S/C21H18O4/c22-12-14-10-11-17(23)21(18(14)13-6-2-1-3-7-13)19(24)15-8-4-5-9-16(15)20(21)25/h1-9,12,14,17-18,23H,10-11H2/t14-,17+,18-/m0/s1. The minimum Gasteiger partial charge on any atom is -0.392 e. The SMILES string of the molecule is O=C[C@@H]1CC[C@@H](O)C2(C(=O)c3ccccc3C2=O)[C@H]1c1ccccc1. The number of aliphatic hydroxyl groups excluding tert-OH is 1. The van der Waals surface area contributed by atoms with Gasteiger partial charge in [-0.3, -0.25) is 9.59 Å². The molecule has 25 heavy (non-hydrogen) atoms. The van der Waals surface area contributed by atoms with Gasteiger partial charge in [-0.15, -0.1) is 0 Å². The largest absolute Gasteiger partial charge is 0.392 e. The van der Waals surface area contributed by atoms with Crippen LogP contribution >= 0.6 is 0 Å². The molecule has 2 aliphatic rings. The second-order valence-electron chi connectivity index (χ2n) is 6.85. The first-order chi connectivity index (χ1) is 12.1. The lowest BCUT2D eigenvalue weighted by atomic mass is 9.56. The second kappa shape index (κ2) is 5.74. The van der Waals surface area contributed by atoms with Gasteiger partial charge < -0.3 is 9.90 Å². The molecule has 1 fully saturated rings. The molecule has 2 aromatic rings. The number of hydrogen-bond acceptors (Lipinski definition) is 4. The van der Waals surface area contributed by atoms with Gasteiger partial charge in [-0.2, -0.15) is 0 Å². The third-order valence-electron chi connectivity index (χ3n) is 5.72. The number of carbonyl (C=O) groups excluding carboxylic acids is 3. The Bertz CT molecular complexity index is 820. The van der Waals surface area contributed by atoms with Crippen molar-refractivity contribution in [1.82, 2.24) is 0 Å². The topological polar surface area (TPSA) is 71.4 Å². The van der Waals surface area contributed by atoms with Crippen LogP contribution in [-0.4, -0.2) is 29.1 Å². The summed E-state index contributed by atoms with van der Waals surface area (Å²) in [5.74, 6) is -1.85. The van der Waals surface area contributed by atoms with E-state index >= 15 is 0 Å². The number of rotatable bonds is 2. The molecule has 2 aliphatic carbocycles. The zero-order chi connectivity index (χ0) is 17.6.